The van der Waals surface area contributed by atoms with E-state index in [9.17, 15) is 4.39 Å². The highest BCUT2D eigenvalue weighted by atomic mass is 19.1. The molecule has 0 amide bonds. The molecule has 0 saturated heterocycles. The Morgan fingerprint density at radius 1 is 1.33 bits per heavy atom. The van der Waals surface area contributed by atoms with Crippen LogP contribution < -0.4 is 4.74 Å². The van der Waals surface area contributed by atoms with Crippen LogP contribution in [0, 0.1) is 0 Å². The molecular weight excluding hydrogens is 195 g/mol. The zero-order valence-electron chi connectivity index (χ0n) is 9.33. The molecule has 0 bridgehead atoms. The van der Waals surface area contributed by atoms with Crippen LogP contribution in [0.4, 0.5) is 4.39 Å². The van der Waals surface area contributed by atoms with Crippen LogP contribution in [0.25, 0.3) is 0 Å². The van der Waals surface area contributed by atoms with Crippen molar-refractivity contribution in [3.63, 3.8) is 0 Å². The minimum absolute atomic E-state index is 0.0283. The Morgan fingerprint density at radius 2 is 1.93 bits per heavy atom. The summed E-state index contributed by atoms with van der Waals surface area (Å²) in [5, 5.41) is 9.09. The van der Waals surface area contributed by atoms with Crippen molar-refractivity contribution < 1.29 is 14.2 Å². The number of halogens is 1. The molecule has 15 heavy (non-hydrogen) atoms. The Bertz CT molecular complexity index is 323. The highest BCUT2D eigenvalue weighted by Crippen LogP contribution is 2.34. The second kappa shape index (κ2) is 5.12. The molecule has 0 aliphatic carbocycles. The lowest BCUT2D eigenvalue weighted by Crippen LogP contribution is -2.04. The molecule has 0 aliphatic rings. The van der Waals surface area contributed by atoms with Crippen molar-refractivity contribution in [3.05, 3.63) is 29.3 Å². The van der Waals surface area contributed by atoms with Gasteiger partial charge in [-0.1, -0.05) is 25.1 Å². The molecule has 0 aromatic heterocycles. The molecule has 0 aliphatic heterocycles. The minimum atomic E-state index is -1.06. The number of para-hydroxylation sites is 1. The van der Waals surface area contributed by atoms with E-state index in [4.69, 9.17) is 9.84 Å². The molecular formula is C12H17FO2. The fraction of sp³-hybridized carbons (Fsp3) is 0.500. The van der Waals surface area contributed by atoms with Gasteiger partial charge in [0, 0.05) is 18.1 Å². The number of hydrogen-bond donors (Lipinski definition) is 1. The van der Waals surface area contributed by atoms with Crippen molar-refractivity contribution in [2.75, 3.05) is 13.7 Å². The van der Waals surface area contributed by atoms with Crippen molar-refractivity contribution in [1.29, 1.82) is 0 Å². The first-order chi connectivity index (χ1) is 7.11. The molecule has 2 unspecified atom stereocenters. The molecule has 0 radical (unpaired) electrons. The smallest absolute Gasteiger partial charge is 0.128 e. The molecule has 3 heteroatoms. The third-order valence-electron chi connectivity index (χ3n) is 2.51. The highest BCUT2D eigenvalue weighted by Gasteiger charge is 2.17. The van der Waals surface area contributed by atoms with Crippen LogP contribution in [0.5, 0.6) is 5.75 Å². The fourth-order valence-electron chi connectivity index (χ4n) is 1.61. The van der Waals surface area contributed by atoms with E-state index >= 15 is 0 Å². The van der Waals surface area contributed by atoms with Gasteiger partial charge in [0.15, 0.2) is 0 Å². The highest BCUT2D eigenvalue weighted by molar-refractivity contribution is 5.44. The van der Waals surface area contributed by atoms with E-state index in [1.54, 1.807) is 12.1 Å². The van der Waals surface area contributed by atoms with Gasteiger partial charge in [-0.15, -0.1) is 0 Å². The van der Waals surface area contributed by atoms with Crippen LogP contribution in [0.3, 0.4) is 0 Å². The predicted octanol–water partition coefficient (Wildman–Crippen LogP) is 2.82. The van der Waals surface area contributed by atoms with E-state index in [0.717, 1.165) is 5.56 Å². The van der Waals surface area contributed by atoms with Crippen LogP contribution >= 0.6 is 0 Å². The number of aliphatic hydroxyl groups excluding tert-OH is 1. The summed E-state index contributed by atoms with van der Waals surface area (Å²) in [4.78, 5) is 0. The summed E-state index contributed by atoms with van der Waals surface area (Å²) in [6.45, 7) is 3.39. The lowest BCUT2D eigenvalue weighted by atomic mass is 9.97. The quantitative estimate of drug-likeness (QED) is 0.831. The molecule has 2 atom stereocenters. The normalized spacial score (nSPS) is 14.7. The van der Waals surface area contributed by atoms with Crippen LogP contribution in [0.2, 0.25) is 0 Å². The van der Waals surface area contributed by atoms with Gasteiger partial charge in [0.25, 0.3) is 0 Å². The van der Waals surface area contributed by atoms with Gasteiger partial charge < -0.3 is 9.84 Å². The number of benzene rings is 1. The lowest BCUT2D eigenvalue weighted by Gasteiger charge is -2.17. The molecule has 2 nitrogen and oxygen atoms in total. The Morgan fingerprint density at radius 3 is 2.40 bits per heavy atom. The number of methoxy groups -OCH3 is 1. The maximum absolute atomic E-state index is 13.3. The number of hydrogen-bond acceptors (Lipinski definition) is 2. The third-order valence-corrected chi connectivity index (χ3v) is 2.51. The topological polar surface area (TPSA) is 29.5 Å². The van der Waals surface area contributed by atoms with Gasteiger partial charge in [0.2, 0.25) is 0 Å². The Balaban J connectivity index is 3.22. The van der Waals surface area contributed by atoms with Crippen LogP contribution in [-0.2, 0) is 0 Å². The second-order valence-corrected chi connectivity index (χ2v) is 3.67. The first-order valence-corrected chi connectivity index (χ1v) is 5.03. The van der Waals surface area contributed by atoms with Gasteiger partial charge in [-0.2, -0.15) is 0 Å². The summed E-state index contributed by atoms with van der Waals surface area (Å²) < 4.78 is 18.5. The van der Waals surface area contributed by atoms with Crippen molar-refractivity contribution in [2.45, 2.75) is 25.9 Å². The lowest BCUT2D eigenvalue weighted by molar-refractivity contribution is 0.268. The molecule has 1 aromatic carbocycles. The number of ether oxygens (including phenoxy) is 1. The molecule has 0 heterocycles. The maximum atomic E-state index is 13.3. The monoisotopic (exact) mass is 212 g/mol. The first-order valence-electron chi connectivity index (χ1n) is 5.03. The average molecular weight is 212 g/mol. The summed E-state index contributed by atoms with van der Waals surface area (Å²) >= 11 is 0. The second-order valence-electron chi connectivity index (χ2n) is 3.67. The summed E-state index contributed by atoms with van der Waals surface area (Å²) in [5.74, 6) is 0.507. The van der Waals surface area contributed by atoms with Crippen molar-refractivity contribution in [2.24, 2.45) is 0 Å². The largest absolute Gasteiger partial charge is 0.496 e. The van der Waals surface area contributed by atoms with E-state index in [2.05, 4.69) is 0 Å². The average Bonchev–Trinajstić information content (AvgIpc) is 2.26. The van der Waals surface area contributed by atoms with E-state index in [-0.39, 0.29) is 12.5 Å². The van der Waals surface area contributed by atoms with Crippen molar-refractivity contribution in [1.82, 2.24) is 0 Å². The van der Waals surface area contributed by atoms with Gasteiger partial charge in [-0.05, 0) is 12.5 Å². The summed E-state index contributed by atoms with van der Waals surface area (Å²) in [7, 11) is 1.52. The third kappa shape index (κ3) is 2.48. The standard InChI is InChI=1S/C12H17FO2/c1-8(7-14)10-5-4-6-11(9(2)13)12(10)15-3/h4-6,8-9,14H,7H2,1-3H3. The number of rotatable bonds is 4. The zero-order chi connectivity index (χ0) is 11.4. The van der Waals surface area contributed by atoms with E-state index in [1.807, 2.05) is 13.0 Å². The summed E-state index contributed by atoms with van der Waals surface area (Å²) in [5.41, 5.74) is 1.39. The predicted molar refractivity (Wildman–Crippen MR) is 58.0 cm³/mol. The van der Waals surface area contributed by atoms with Crippen molar-refractivity contribution in [3.8, 4) is 5.75 Å². The Kier molecular flexibility index (Phi) is 4.09. The molecule has 1 N–H and O–H groups in total. The maximum Gasteiger partial charge on any atom is 0.128 e. The molecule has 0 fully saturated rings. The molecule has 84 valence electrons. The van der Waals surface area contributed by atoms with Gasteiger partial charge in [0.1, 0.15) is 11.9 Å². The molecule has 0 saturated carbocycles. The van der Waals surface area contributed by atoms with Gasteiger partial charge in [-0.3, -0.25) is 0 Å². The van der Waals surface area contributed by atoms with E-state index in [1.165, 1.54) is 14.0 Å². The SMILES string of the molecule is COc1c(C(C)F)cccc1C(C)CO. The summed E-state index contributed by atoms with van der Waals surface area (Å²) in [6.07, 6.45) is -1.06. The van der Waals surface area contributed by atoms with Gasteiger partial charge >= 0.3 is 0 Å². The fourth-order valence-corrected chi connectivity index (χ4v) is 1.61. The zero-order valence-corrected chi connectivity index (χ0v) is 9.33. The first kappa shape index (κ1) is 12.0. The number of aliphatic hydroxyl groups is 1. The van der Waals surface area contributed by atoms with Crippen molar-refractivity contribution >= 4 is 0 Å². The Labute approximate surface area is 89.7 Å². The van der Waals surface area contributed by atoms with Crippen LogP contribution in [-0.4, -0.2) is 18.8 Å². The molecule has 1 rings (SSSR count). The van der Waals surface area contributed by atoms with Gasteiger partial charge in [0.05, 0.1) is 7.11 Å². The molecule has 1 aromatic rings. The van der Waals surface area contributed by atoms with Gasteiger partial charge in [-0.25, -0.2) is 4.39 Å². The van der Waals surface area contributed by atoms with E-state index in [0.29, 0.717) is 11.3 Å². The molecule has 0 spiro atoms. The summed E-state index contributed by atoms with van der Waals surface area (Å²) in [6, 6.07) is 5.35. The van der Waals surface area contributed by atoms with Crippen LogP contribution in [0.15, 0.2) is 18.2 Å². The minimum Gasteiger partial charge on any atom is -0.496 e. The van der Waals surface area contributed by atoms with E-state index < -0.39 is 6.17 Å². The van der Waals surface area contributed by atoms with Crippen LogP contribution in [0.1, 0.15) is 37.1 Å². The number of alkyl halides is 1. The Hall–Kier alpha value is -1.09.